The van der Waals surface area contributed by atoms with E-state index in [-0.39, 0.29) is 11.9 Å². The van der Waals surface area contributed by atoms with E-state index in [9.17, 15) is 4.79 Å². The number of carbonyl (C=O) groups is 1. The molecule has 0 aliphatic carbocycles. The van der Waals surface area contributed by atoms with Crippen LogP contribution in [0.15, 0.2) is 22.7 Å². The highest BCUT2D eigenvalue weighted by Gasteiger charge is 2.32. The lowest BCUT2D eigenvalue weighted by atomic mass is 10.1. The maximum absolute atomic E-state index is 12.8. The zero-order valence-electron chi connectivity index (χ0n) is 14.9. The number of aromatic nitrogens is 2. The molecule has 1 N–H and O–H groups in total. The van der Waals surface area contributed by atoms with Crippen LogP contribution in [0, 0.1) is 6.92 Å². The number of anilines is 1. The Bertz CT molecular complexity index is 744. The summed E-state index contributed by atoms with van der Waals surface area (Å²) in [6, 6.07) is 5.53. The minimum absolute atomic E-state index is 0.0309. The van der Waals surface area contributed by atoms with Crippen LogP contribution in [0.2, 0.25) is 0 Å². The quantitative estimate of drug-likeness (QED) is 0.867. The number of benzene rings is 1. The van der Waals surface area contributed by atoms with Gasteiger partial charge in [-0.15, -0.1) is 0 Å². The van der Waals surface area contributed by atoms with Crippen LogP contribution in [-0.4, -0.2) is 40.6 Å². The van der Waals surface area contributed by atoms with E-state index in [2.05, 4.69) is 20.4 Å². The Kier molecular flexibility index (Phi) is 5.33. The highest BCUT2D eigenvalue weighted by atomic mass is 16.5. The molecule has 1 aromatic heterocycles. The molecule has 7 nitrogen and oxygen atoms in total. The van der Waals surface area contributed by atoms with Crippen LogP contribution in [0.1, 0.15) is 37.0 Å². The van der Waals surface area contributed by atoms with Crippen molar-refractivity contribution in [2.75, 3.05) is 19.0 Å². The average Bonchev–Trinajstić information content (AvgIpc) is 3.24. The predicted octanol–water partition coefficient (Wildman–Crippen LogP) is 2.55. The van der Waals surface area contributed by atoms with Crippen LogP contribution in [0.25, 0.3) is 0 Å². The summed E-state index contributed by atoms with van der Waals surface area (Å²) in [5.41, 5.74) is 1.77. The SMILES string of the molecule is CCc1noc(CN2CCC[C@@H]2C(=O)Nc2cc(C)ccc2OC)n1. The molecule has 3 rings (SSSR count). The molecule has 1 aromatic carbocycles. The van der Waals surface area contributed by atoms with Gasteiger partial charge < -0.3 is 14.6 Å². The summed E-state index contributed by atoms with van der Waals surface area (Å²) < 4.78 is 10.6. The maximum Gasteiger partial charge on any atom is 0.241 e. The molecular formula is C18H24N4O3. The fraction of sp³-hybridized carbons (Fsp3) is 0.500. The van der Waals surface area contributed by atoms with Gasteiger partial charge in [-0.05, 0) is 44.0 Å². The topological polar surface area (TPSA) is 80.5 Å². The molecule has 1 aliphatic heterocycles. The number of nitrogens with zero attached hydrogens (tertiary/aromatic N) is 3. The third-order valence-electron chi connectivity index (χ3n) is 4.44. The van der Waals surface area contributed by atoms with Gasteiger partial charge in [0.15, 0.2) is 5.82 Å². The smallest absolute Gasteiger partial charge is 0.241 e. The summed E-state index contributed by atoms with van der Waals surface area (Å²) in [6.45, 7) is 5.30. The highest BCUT2D eigenvalue weighted by Crippen LogP contribution is 2.27. The number of aryl methyl sites for hydroxylation is 2. The normalized spacial score (nSPS) is 17.6. The molecule has 2 heterocycles. The fourth-order valence-corrected chi connectivity index (χ4v) is 3.12. The van der Waals surface area contributed by atoms with Crippen LogP contribution in [0.4, 0.5) is 5.69 Å². The summed E-state index contributed by atoms with van der Waals surface area (Å²) in [7, 11) is 1.60. The number of nitrogens with one attached hydrogen (secondary N) is 1. The number of methoxy groups -OCH3 is 1. The highest BCUT2D eigenvalue weighted by molar-refractivity contribution is 5.96. The summed E-state index contributed by atoms with van der Waals surface area (Å²) in [5, 5.41) is 6.92. The molecule has 1 atom stereocenters. The van der Waals surface area contributed by atoms with Gasteiger partial charge in [-0.3, -0.25) is 9.69 Å². The zero-order valence-corrected chi connectivity index (χ0v) is 14.9. The predicted molar refractivity (Wildman–Crippen MR) is 93.5 cm³/mol. The first kappa shape index (κ1) is 17.4. The Morgan fingerprint density at radius 3 is 3.04 bits per heavy atom. The summed E-state index contributed by atoms with van der Waals surface area (Å²) in [4.78, 5) is 19.2. The molecule has 0 saturated carbocycles. The second-order valence-corrected chi connectivity index (χ2v) is 6.28. The molecule has 0 unspecified atom stereocenters. The molecule has 1 aliphatic rings. The van der Waals surface area contributed by atoms with Gasteiger partial charge in [0, 0.05) is 6.42 Å². The monoisotopic (exact) mass is 344 g/mol. The number of hydrogen-bond donors (Lipinski definition) is 1. The molecule has 134 valence electrons. The lowest BCUT2D eigenvalue weighted by molar-refractivity contribution is -0.120. The van der Waals surface area contributed by atoms with Crippen molar-refractivity contribution in [2.45, 2.75) is 45.7 Å². The standard InChI is InChI=1S/C18H24N4O3/c1-4-16-20-17(25-21-16)11-22-9-5-6-14(22)18(23)19-13-10-12(2)7-8-15(13)24-3/h7-8,10,14H,4-6,9,11H2,1-3H3,(H,19,23)/t14-/m1/s1. The lowest BCUT2D eigenvalue weighted by Gasteiger charge is -2.22. The lowest BCUT2D eigenvalue weighted by Crippen LogP contribution is -2.39. The summed E-state index contributed by atoms with van der Waals surface area (Å²) in [5.74, 6) is 1.88. The van der Waals surface area contributed by atoms with Crippen molar-refractivity contribution in [3.05, 3.63) is 35.5 Å². The van der Waals surface area contributed by atoms with Gasteiger partial charge in [0.1, 0.15) is 5.75 Å². The number of amides is 1. The Balaban J connectivity index is 1.69. The number of ether oxygens (including phenoxy) is 1. The minimum atomic E-state index is -0.206. The van der Waals surface area contributed by atoms with Gasteiger partial charge in [-0.1, -0.05) is 18.1 Å². The molecule has 0 bridgehead atoms. The van der Waals surface area contributed by atoms with Crippen molar-refractivity contribution >= 4 is 11.6 Å². The van der Waals surface area contributed by atoms with Crippen molar-refractivity contribution in [2.24, 2.45) is 0 Å². The third-order valence-corrected chi connectivity index (χ3v) is 4.44. The zero-order chi connectivity index (χ0) is 17.8. The van der Waals surface area contributed by atoms with E-state index >= 15 is 0 Å². The molecule has 1 fully saturated rings. The van der Waals surface area contributed by atoms with Crippen LogP contribution < -0.4 is 10.1 Å². The van der Waals surface area contributed by atoms with Gasteiger partial charge >= 0.3 is 0 Å². The van der Waals surface area contributed by atoms with Crippen molar-refractivity contribution in [3.8, 4) is 5.75 Å². The van der Waals surface area contributed by atoms with Gasteiger partial charge in [-0.25, -0.2) is 0 Å². The van der Waals surface area contributed by atoms with E-state index in [0.717, 1.165) is 31.4 Å². The van der Waals surface area contributed by atoms with Crippen LogP contribution in [0.3, 0.4) is 0 Å². The second-order valence-electron chi connectivity index (χ2n) is 6.28. The molecule has 7 heteroatoms. The molecule has 1 amide bonds. The summed E-state index contributed by atoms with van der Waals surface area (Å²) in [6.07, 6.45) is 2.52. The van der Waals surface area contributed by atoms with E-state index in [0.29, 0.717) is 29.7 Å². The van der Waals surface area contributed by atoms with E-state index in [1.807, 2.05) is 32.0 Å². The van der Waals surface area contributed by atoms with Gasteiger partial charge in [0.05, 0.1) is 25.4 Å². The maximum atomic E-state index is 12.8. The van der Waals surface area contributed by atoms with Crippen molar-refractivity contribution in [1.29, 1.82) is 0 Å². The molecule has 2 aromatic rings. The molecule has 0 radical (unpaired) electrons. The summed E-state index contributed by atoms with van der Waals surface area (Å²) >= 11 is 0. The van der Waals surface area contributed by atoms with E-state index in [1.165, 1.54) is 0 Å². The fourth-order valence-electron chi connectivity index (χ4n) is 3.12. The minimum Gasteiger partial charge on any atom is -0.495 e. The first-order chi connectivity index (χ1) is 12.1. The van der Waals surface area contributed by atoms with Crippen molar-refractivity contribution in [3.63, 3.8) is 0 Å². The Hall–Kier alpha value is -2.41. The number of carbonyl (C=O) groups excluding carboxylic acids is 1. The molecule has 0 spiro atoms. The van der Waals surface area contributed by atoms with Gasteiger partial charge in [-0.2, -0.15) is 4.98 Å². The van der Waals surface area contributed by atoms with Crippen LogP contribution in [0.5, 0.6) is 5.75 Å². The van der Waals surface area contributed by atoms with Crippen LogP contribution in [-0.2, 0) is 17.8 Å². The van der Waals surface area contributed by atoms with Crippen LogP contribution >= 0.6 is 0 Å². The van der Waals surface area contributed by atoms with Gasteiger partial charge in [0.2, 0.25) is 11.8 Å². The van der Waals surface area contributed by atoms with E-state index < -0.39 is 0 Å². The van der Waals surface area contributed by atoms with Crippen molar-refractivity contribution in [1.82, 2.24) is 15.0 Å². The Morgan fingerprint density at radius 1 is 1.48 bits per heavy atom. The molecule has 1 saturated heterocycles. The molecule has 25 heavy (non-hydrogen) atoms. The van der Waals surface area contributed by atoms with E-state index in [4.69, 9.17) is 9.26 Å². The average molecular weight is 344 g/mol. The molecular weight excluding hydrogens is 320 g/mol. The van der Waals surface area contributed by atoms with Crippen molar-refractivity contribution < 1.29 is 14.1 Å². The van der Waals surface area contributed by atoms with E-state index in [1.54, 1.807) is 7.11 Å². The Labute approximate surface area is 147 Å². The third kappa shape index (κ3) is 3.99. The number of rotatable bonds is 6. The Morgan fingerprint density at radius 2 is 2.32 bits per heavy atom. The number of likely N-dealkylation sites (tertiary alicyclic amines) is 1. The largest absolute Gasteiger partial charge is 0.495 e. The number of hydrogen-bond acceptors (Lipinski definition) is 6. The van der Waals surface area contributed by atoms with Gasteiger partial charge in [0.25, 0.3) is 0 Å². The second kappa shape index (κ2) is 7.65. The first-order valence-electron chi connectivity index (χ1n) is 8.61. The first-order valence-corrected chi connectivity index (χ1v) is 8.61.